The van der Waals surface area contributed by atoms with Crippen molar-refractivity contribution in [3.05, 3.63) is 17.3 Å². The Balaban J connectivity index is 1.91. The first-order valence-electron chi connectivity index (χ1n) is 6.62. The molecule has 0 spiro atoms. The number of hydrogen-bond donors (Lipinski definition) is 1. The predicted octanol–water partition coefficient (Wildman–Crippen LogP) is 3.85. The van der Waals surface area contributed by atoms with Crippen molar-refractivity contribution >= 4 is 27.4 Å². The van der Waals surface area contributed by atoms with Gasteiger partial charge in [0.25, 0.3) is 0 Å². The van der Waals surface area contributed by atoms with Crippen LogP contribution in [-0.4, -0.2) is 16.0 Å². The third kappa shape index (κ3) is 1.88. The lowest BCUT2D eigenvalue weighted by Gasteiger charge is -2.20. The van der Waals surface area contributed by atoms with E-state index in [-0.39, 0.29) is 0 Å². The van der Waals surface area contributed by atoms with E-state index in [9.17, 15) is 0 Å². The first kappa shape index (κ1) is 11.9. The monoisotopic (exact) mass is 261 g/mol. The summed E-state index contributed by atoms with van der Waals surface area (Å²) < 4.78 is 1.20. The first-order chi connectivity index (χ1) is 8.66. The number of aromatic nitrogens is 2. The molecule has 0 saturated heterocycles. The number of hydrogen-bond acceptors (Lipinski definition) is 4. The average Bonchev–Trinajstić information content (AvgIpc) is 2.89. The molecule has 18 heavy (non-hydrogen) atoms. The average molecular weight is 261 g/mol. The Kier molecular flexibility index (Phi) is 2.98. The summed E-state index contributed by atoms with van der Waals surface area (Å²) in [6.07, 6.45) is 4.24. The summed E-state index contributed by atoms with van der Waals surface area (Å²) in [4.78, 5) is 8.80. The Bertz CT molecular complexity index is 563. The van der Waals surface area contributed by atoms with Crippen molar-refractivity contribution in [1.82, 2.24) is 9.97 Å². The predicted molar refractivity (Wildman–Crippen MR) is 77.1 cm³/mol. The fourth-order valence-electron chi connectivity index (χ4n) is 2.82. The van der Waals surface area contributed by atoms with E-state index in [4.69, 9.17) is 0 Å². The van der Waals surface area contributed by atoms with Crippen LogP contribution in [0.25, 0.3) is 10.2 Å². The van der Waals surface area contributed by atoms with E-state index in [0.29, 0.717) is 6.04 Å². The van der Waals surface area contributed by atoms with Gasteiger partial charge in [0.2, 0.25) is 0 Å². The SMILES string of the molecule is Cc1csc2c(NC3CCC(C)C3C)ncnc12. The molecule has 2 heterocycles. The molecule has 3 rings (SSSR count). The summed E-state index contributed by atoms with van der Waals surface area (Å²) in [5.41, 5.74) is 2.34. The maximum Gasteiger partial charge on any atom is 0.147 e. The number of nitrogens with one attached hydrogen (secondary N) is 1. The van der Waals surface area contributed by atoms with Gasteiger partial charge in [0, 0.05) is 6.04 Å². The highest BCUT2D eigenvalue weighted by molar-refractivity contribution is 7.18. The number of rotatable bonds is 2. The topological polar surface area (TPSA) is 37.8 Å². The van der Waals surface area contributed by atoms with Crippen LogP contribution in [0.15, 0.2) is 11.7 Å². The van der Waals surface area contributed by atoms with Gasteiger partial charge in [0.1, 0.15) is 12.1 Å². The number of fused-ring (bicyclic) bond motifs is 1. The number of anilines is 1. The van der Waals surface area contributed by atoms with Crippen molar-refractivity contribution in [3.8, 4) is 0 Å². The molecule has 2 aromatic rings. The van der Waals surface area contributed by atoms with Crippen LogP contribution in [0.5, 0.6) is 0 Å². The largest absolute Gasteiger partial charge is 0.366 e. The number of nitrogens with zero attached hydrogens (tertiary/aromatic N) is 2. The molecule has 3 unspecified atom stereocenters. The summed E-state index contributed by atoms with van der Waals surface area (Å²) >= 11 is 1.74. The second kappa shape index (κ2) is 4.50. The smallest absolute Gasteiger partial charge is 0.147 e. The van der Waals surface area contributed by atoms with Crippen molar-refractivity contribution in [3.63, 3.8) is 0 Å². The lowest BCUT2D eigenvalue weighted by atomic mass is 9.98. The van der Waals surface area contributed by atoms with Crippen LogP contribution in [0.3, 0.4) is 0 Å². The molecule has 0 bridgehead atoms. The zero-order chi connectivity index (χ0) is 12.7. The van der Waals surface area contributed by atoms with Crippen molar-refractivity contribution in [2.24, 2.45) is 11.8 Å². The third-order valence-corrected chi connectivity index (χ3v) is 5.41. The summed E-state index contributed by atoms with van der Waals surface area (Å²) in [7, 11) is 0. The Morgan fingerprint density at radius 2 is 2.11 bits per heavy atom. The van der Waals surface area contributed by atoms with Gasteiger partial charge >= 0.3 is 0 Å². The molecule has 3 nitrogen and oxygen atoms in total. The molecule has 1 aliphatic carbocycles. The van der Waals surface area contributed by atoms with Gasteiger partial charge in [-0.15, -0.1) is 11.3 Å². The fraction of sp³-hybridized carbons (Fsp3) is 0.571. The normalized spacial score (nSPS) is 27.8. The standard InChI is InChI=1S/C14H19N3S/c1-8-4-5-11(10(8)3)17-14-13-12(15-7-16-14)9(2)6-18-13/h6-8,10-11H,4-5H2,1-3H3,(H,15,16,17). The highest BCUT2D eigenvalue weighted by atomic mass is 32.1. The van der Waals surface area contributed by atoms with Gasteiger partial charge in [-0.3, -0.25) is 0 Å². The van der Waals surface area contributed by atoms with Crippen LogP contribution < -0.4 is 5.32 Å². The molecule has 96 valence electrons. The Labute approximate surface area is 112 Å². The lowest BCUT2D eigenvalue weighted by Crippen LogP contribution is -2.24. The zero-order valence-corrected chi connectivity index (χ0v) is 11.9. The van der Waals surface area contributed by atoms with Gasteiger partial charge in [-0.05, 0) is 42.5 Å². The zero-order valence-electron chi connectivity index (χ0n) is 11.1. The van der Waals surface area contributed by atoms with Crippen LogP contribution in [0.2, 0.25) is 0 Å². The molecule has 0 amide bonds. The molecule has 1 aliphatic rings. The molecule has 1 saturated carbocycles. The minimum Gasteiger partial charge on any atom is -0.366 e. The third-order valence-electron chi connectivity index (χ3n) is 4.32. The quantitative estimate of drug-likeness (QED) is 0.892. The van der Waals surface area contributed by atoms with E-state index >= 15 is 0 Å². The maximum atomic E-state index is 4.43. The van der Waals surface area contributed by atoms with Gasteiger partial charge in [0.15, 0.2) is 0 Å². The van der Waals surface area contributed by atoms with Crippen LogP contribution in [0, 0.1) is 18.8 Å². The molecule has 0 aromatic carbocycles. The van der Waals surface area contributed by atoms with Crippen LogP contribution in [-0.2, 0) is 0 Å². The number of aryl methyl sites for hydroxylation is 1. The highest BCUT2D eigenvalue weighted by Crippen LogP contribution is 2.35. The summed E-state index contributed by atoms with van der Waals surface area (Å²) in [6, 6.07) is 0.556. The van der Waals surface area contributed by atoms with E-state index < -0.39 is 0 Å². The molecular formula is C14H19N3S. The Morgan fingerprint density at radius 1 is 1.28 bits per heavy atom. The van der Waals surface area contributed by atoms with Crippen molar-refractivity contribution in [2.75, 3.05) is 5.32 Å². The fourth-order valence-corrected chi connectivity index (χ4v) is 3.77. The summed E-state index contributed by atoms with van der Waals surface area (Å²) in [5, 5.41) is 5.79. The second-order valence-electron chi connectivity index (χ2n) is 5.48. The summed E-state index contributed by atoms with van der Waals surface area (Å²) in [5.74, 6) is 2.55. The molecule has 0 aliphatic heterocycles. The molecular weight excluding hydrogens is 242 g/mol. The van der Waals surface area contributed by atoms with E-state index in [1.54, 1.807) is 17.7 Å². The lowest BCUT2D eigenvalue weighted by molar-refractivity contribution is 0.435. The van der Waals surface area contributed by atoms with Crippen molar-refractivity contribution in [2.45, 2.75) is 39.7 Å². The van der Waals surface area contributed by atoms with E-state index in [2.05, 4.69) is 41.4 Å². The molecule has 1 fully saturated rings. The Morgan fingerprint density at radius 3 is 2.83 bits per heavy atom. The van der Waals surface area contributed by atoms with Gasteiger partial charge < -0.3 is 5.32 Å². The van der Waals surface area contributed by atoms with Crippen LogP contribution in [0.1, 0.15) is 32.3 Å². The molecule has 3 atom stereocenters. The summed E-state index contributed by atoms with van der Waals surface area (Å²) in [6.45, 7) is 6.79. The molecule has 2 aromatic heterocycles. The first-order valence-corrected chi connectivity index (χ1v) is 7.50. The van der Waals surface area contributed by atoms with Crippen molar-refractivity contribution < 1.29 is 0 Å². The molecule has 0 radical (unpaired) electrons. The maximum absolute atomic E-state index is 4.43. The minimum absolute atomic E-state index is 0.556. The van der Waals surface area contributed by atoms with Crippen molar-refractivity contribution in [1.29, 1.82) is 0 Å². The van der Waals surface area contributed by atoms with E-state index in [1.165, 1.54) is 23.1 Å². The van der Waals surface area contributed by atoms with Gasteiger partial charge in [-0.2, -0.15) is 0 Å². The highest BCUT2D eigenvalue weighted by Gasteiger charge is 2.30. The minimum atomic E-state index is 0.556. The molecule has 1 N–H and O–H groups in total. The van der Waals surface area contributed by atoms with Gasteiger partial charge in [-0.25, -0.2) is 9.97 Å². The second-order valence-corrected chi connectivity index (χ2v) is 6.36. The van der Waals surface area contributed by atoms with Gasteiger partial charge in [-0.1, -0.05) is 13.8 Å². The van der Waals surface area contributed by atoms with E-state index in [1.807, 2.05) is 0 Å². The Hall–Kier alpha value is -1.16. The van der Waals surface area contributed by atoms with E-state index in [0.717, 1.165) is 23.2 Å². The van der Waals surface area contributed by atoms with Crippen LogP contribution >= 0.6 is 11.3 Å². The van der Waals surface area contributed by atoms with Crippen LogP contribution in [0.4, 0.5) is 5.82 Å². The van der Waals surface area contributed by atoms with Gasteiger partial charge in [0.05, 0.1) is 10.2 Å². The number of thiophene rings is 1. The molecule has 4 heteroatoms.